The zero-order valence-electron chi connectivity index (χ0n) is 18.0. The molecule has 1 N–H and O–H groups in total. The highest BCUT2D eigenvalue weighted by molar-refractivity contribution is 7.99. The number of anilines is 1. The van der Waals surface area contributed by atoms with Crippen LogP contribution in [0, 0.1) is 0 Å². The van der Waals surface area contributed by atoms with E-state index in [1.165, 1.54) is 25.7 Å². The summed E-state index contributed by atoms with van der Waals surface area (Å²) in [6.07, 6.45) is 3.31. The molecule has 0 bridgehead atoms. The molecular formula is C23H25N5O4S. The number of tetrazole rings is 1. The molecule has 2 saturated heterocycles. The Morgan fingerprint density at radius 3 is 2.79 bits per heavy atom. The molecule has 1 aliphatic carbocycles. The molecule has 3 fully saturated rings. The van der Waals surface area contributed by atoms with E-state index in [0.29, 0.717) is 17.5 Å². The highest BCUT2D eigenvalue weighted by Gasteiger charge is 2.51. The van der Waals surface area contributed by atoms with Gasteiger partial charge >= 0.3 is 6.09 Å². The first-order valence-electron chi connectivity index (χ1n) is 11.4. The Bertz CT molecular complexity index is 1150. The van der Waals surface area contributed by atoms with E-state index >= 15 is 0 Å². The largest absolute Gasteiger partial charge is 0.441 e. The molecule has 3 aliphatic rings. The van der Waals surface area contributed by atoms with Crippen LogP contribution in [0.25, 0.3) is 10.8 Å². The summed E-state index contributed by atoms with van der Waals surface area (Å²) in [6, 6.07) is 13.5. The molecule has 0 radical (unpaired) electrons. The molecule has 0 spiro atoms. The molecular weight excluding hydrogens is 442 g/mol. The maximum absolute atomic E-state index is 12.7. The second kappa shape index (κ2) is 8.92. The summed E-state index contributed by atoms with van der Waals surface area (Å²) < 4.78 is 19.6. The third-order valence-corrected chi connectivity index (χ3v) is 7.90. The number of nitrogens with one attached hydrogen (secondary N) is 1. The highest BCUT2D eigenvalue weighted by atomic mass is 32.2. The van der Waals surface area contributed by atoms with Crippen molar-refractivity contribution < 1.29 is 19.0 Å². The third kappa shape index (κ3) is 4.07. The average molecular weight is 468 g/mol. The minimum Gasteiger partial charge on any atom is -0.441 e. The first-order valence-corrected chi connectivity index (χ1v) is 12.3. The summed E-state index contributed by atoms with van der Waals surface area (Å²) in [5.74, 6) is 0. The maximum Gasteiger partial charge on any atom is 0.412 e. The van der Waals surface area contributed by atoms with Crippen LogP contribution in [-0.2, 0) is 14.2 Å². The lowest BCUT2D eigenvalue weighted by atomic mass is 10.1. The van der Waals surface area contributed by atoms with Crippen LogP contribution in [0.1, 0.15) is 31.7 Å². The van der Waals surface area contributed by atoms with Crippen LogP contribution >= 0.6 is 11.8 Å². The number of hydrogen-bond donors (Lipinski definition) is 1. The lowest BCUT2D eigenvalue weighted by Gasteiger charge is -2.18. The number of nitrogens with zero attached hydrogens (tertiary/aromatic N) is 4. The average Bonchev–Trinajstić information content (AvgIpc) is 3.61. The van der Waals surface area contributed by atoms with Gasteiger partial charge in [-0.05, 0) is 34.7 Å². The zero-order valence-corrected chi connectivity index (χ0v) is 18.8. The molecule has 0 unspecified atom stereocenters. The van der Waals surface area contributed by atoms with Crippen molar-refractivity contribution >= 4 is 34.3 Å². The van der Waals surface area contributed by atoms with Crippen LogP contribution in [0.5, 0.6) is 0 Å². The van der Waals surface area contributed by atoms with E-state index in [1.807, 2.05) is 47.1 Å². The van der Waals surface area contributed by atoms with Gasteiger partial charge in [-0.2, -0.15) is 0 Å². The van der Waals surface area contributed by atoms with Crippen LogP contribution in [-0.4, -0.2) is 63.1 Å². The van der Waals surface area contributed by atoms with E-state index in [1.54, 1.807) is 11.8 Å². The van der Waals surface area contributed by atoms with Crippen molar-refractivity contribution in [2.24, 2.45) is 0 Å². The van der Waals surface area contributed by atoms with Crippen molar-refractivity contribution in [1.29, 1.82) is 0 Å². The van der Waals surface area contributed by atoms with E-state index in [-0.39, 0.29) is 24.9 Å². The minimum absolute atomic E-state index is 0.136. The number of ether oxygens (including phenoxy) is 3. The lowest BCUT2D eigenvalue weighted by Crippen LogP contribution is -2.35. The third-order valence-electron chi connectivity index (χ3n) is 6.62. The quantitative estimate of drug-likeness (QED) is 0.605. The van der Waals surface area contributed by atoms with E-state index in [0.717, 1.165) is 15.9 Å². The zero-order chi connectivity index (χ0) is 22.2. The molecule has 2 aromatic carbocycles. The first kappa shape index (κ1) is 20.9. The summed E-state index contributed by atoms with van der Waals surface area (Å²) in [5.41, 5.74) is 0.709. The van der Waals surface area contributed by atoms with Crippen LogP contribution in [0.3, 0.4) is 0 Å². The van der Waals surface area contributed by atoms with Gasteiger partial charge in [0, 0.05) is 10.6 Å². The number of aromatic nitrogens is 4. The molecule has 172 valence electrons. The van der Waals surface area contributed by atoms with Gasteiger partial charge in [-0.25, -0.2) is 9.48 Å². The number of thioether (sulfide) groups is 1. The molecule has 3 heterocycles. The molecule has 33 heavy (non-hydrogen) atoms. The van der Waals surface area contributed by atoms with E-state index in [2.05, 4.69) is 20.8 Å². The van der Waals surface area contributed by atoms with Gasteiger partial charge in [0.15, 0.2) is 6.10 Å². The number of hydrogen-bond acceptors (Lipinski definition) is 8. The van der Waals surface area contributed by atoms with Gasteiger partial charge in [-0.1, -0.05) is 61.0 Å². The SMILES string of the molecule is O=C(Nc1cccc2ccccc12)O[C@@H]1CO[C@H]2[C@@H]1OC[C@@H]2n1nnnc1SC1CCCC1. The summed E-state index contributed by atoms with van der Waals surface area (Å²) in [5, 5.41) is 18.6. The van der Waals surface area contributed by atoms with Crippen LogP contribution < -0.4 is 5.32 Å². The van der Waals surface area contributed by atoms with Gasteiger partial charge in [-0.15, -0.1) is 5.10 Å². The summed E-state index contributed by atoms with van der Waals surface area (Å²) in [6.45, 7) is 0.700. The molecule has 6 rings (SSSR count). The van der Waals surface area contributed by atoms with Crippen molar-refractivity contribution in [3.8, 4) is 0 Å². The molecule has 1 saturated carbocycles. The van der Waals surface area contributed by atoms with E-state index in [9.17, 15) is 4.79 Å². The number of amides is 1. The Hall–Kier alpha value is -2.69. The van der Waals surface area contributed by atoms with Crippen molar-refractivity contribution in [3.05, 3.63) is 42.5 Å². The standard InChI is InChI=1S/C23H25N5O4S/c29-23(24-17-11-5-7-14-6-1-4-10-16(14)17)32-19-13-31-20-18(12-30-21(19)20)28-22(25-26-27-28)33-15-8-2-3-9-15/h1,4-7,10-11,15,18-21H,2-3,8-9,12-13H2,(H,24,29)/t18-,19+,20+,21+/m0/s1. The fourth-order valence-corrected chi connectivity index (χ4v) is 6.22. The second-order valence-electron chi connectivity index (χ2n) is 8.69. The van der Waals surface area contributed by atoms with Gasteiger partial charge in [-0.3, -0.25) is 5.32 Å². The number of fused-ring (bicyclic) bond motifs is 2. The molecule has 9 nitrogen and oxygen atoms in total. The van der Waals surface area contributed by atoms with Crippen LogP contribution in [0.15, 0.2) is 47.6 Å². The maximum atomic E-state index is 12.7. The molecule has 4 atom stereocenters. The monoisotopic (exact) mass is 467 g/mol. The first-order chi connectivity index (χ1) is 16.3. The van der Waals surface area contributed by atoms with Gasteiger partial charge in [0.05, 0.1) is 18.9 Å². The van der Waals surface area contributed by atoms with Crippen LogP contribution in [0.4, 0.5) is 10.5 Å². The van der Waals surface area contributed by atoms with Gasteiger partial charge < -0.3 is 14.2 Å². The van der Waals surface area contributed by atoms with Crippen molar-refractivity contribution in [2.75, 3.05) is 18.5 Å². The topological polar surface area (TPSA) is 100 Å². The number of carbonyl (C=O) groups is 1. The van der Waals surface area contributed by atoms with E-state index < -0.39 is 12.2 Å². The predicted molar refractivity (Wildman–Crippen MR) is 122 cm³/mol. The lowest BCUT2D eigenvalue weighted by molar-refractivity contribution is 0.00752. The van der Waals surface area contributed by atoms with Gasteiger partial charge in [0.25, 0.3) is 0 Å². The molecule has 10 heteroatoms. The highest BCUT2D eigenvalue weighted by Crippen LogP contribution is 2.39. The predicted octanol–water partition coefficient (Wildman–Crippen LogP) is 3.82. The number of carbonyl (C=O) groups excluding carboxylic acids is 1. The van der Waals surface area contributed by atoms with Crippen molar-refractivity contribution in [1.82, 2.24) is 20.2 Å². The second-order valence-corrected chi connectivity index (χ2v) is 9.96. The Morgan fingerprint density at radius 2 is 1.88 bits per heavy atom. The normalized spacial score (nSPS) is 27.2. The Balaban J connectivity index is 1.11. The Kier molecular flexibility index (Phi) is 5.65. The molecule has 2 aliphatic heterocycles. The van der Waals surface area contributed by atoms with Gasteiger partial charge in [0.1, 0.15) is 18.2 Å². The summed E-state index contributed by atoms with van der Waals surface area (Å²) >= 11 is 1.74. The number of rotatable bonds is 5. The van der Waals surface area contributed by atoms with Crippen molar-refractivity contribution in [2.45, 2.75) is 60.4 Å². The van der Waals surface area contributed by atoms with Crippen molar-refractivity contribution in [3.63, 3.8) is 0 Å². The molecule has 1 amide bonds. The Morgan fingerprint density at radius 1 is 1.06 bits per heavy atom. The summed E-state index contributed by atoms with van der Waals surface area (Å²) in [4.78, 5) is 12.7. The summed E-state index contributed by atoms with van der Waals surface area (Å²) in [7, 11) is 0. The minimum atomic E-state index is -0.521. The fourth-order valence-electron chi connectivity index (χ4n) is 4.99. The smallest absolute Gasteiger partial charge is 0.412 e. The molecule has 3 aromatic rings. The number of benzene rings is 2. The van der Waals surface area contributed by atoms with Gasteiger partial charge in [0.2, 0.25) is 5.16 Å². The van der Waals surface area contributed by atoms with E-state index in [4.69, 9.17) is 14.2 Å². The Labute approximate surface area is 195 Å². The molecule has 1 aromatic heterocycles. The fraction of sp³-hybridized carbons (Fsp3) is 0.478. The van der Waals surface area contributed by atoms with Crippen LogP contribution in [0.2, 0.25) is 0 Å².